The molecule has 1 fully saturated rings. The minimum atomic E-state index is 0.0633. The van der Waals surface area contributed by atoms with Crippen LogP contribution in [-0.4, -0.2) is 36.6 Å². The van der Waals surface area contributed by atoms with E-state index in [2.05, 4.69) is 27.7 Å². The minimum absolute atomic E-state index is 0.0633. The number of amides is 1. The third kappa shape index (κ3) is 5.44. The number of nitrogens with one attached hydrogen (secondary N) is 1. The monoisotopic (exact) mass is 344 g/mol. The molecule has 1 aliphatic rings. The Morgan fingerprint density at radius 1 is 1.25 bits per heavy atom. The normalized spacial score (nSPS) is 17.3. The van der Waals surface area contributed by atoms with Crippen LogP contribution in [0.4, 0.5) is 0 Å². The van der Waals surface area contributed by atoms with Crippen LogP contribution >= 0.6 is 11.3 Å². The molecule has 24 heavy (non-hydrogen) atoms. The van der Waals surface area contributed by atoms with Gasteiger partial charge in [0.25, 0.3) is 0 Å². The highest BCUT2D eigenvalue weighted by atomic mass is 32.1. The van der Waals surface area contributed by atoms with E-state index in [-0.39, 0.29) is 12.0 Å². The van der Waals surface area contributed by atoms with Gasteiger partial charge in [0.2, 0.25) is 5.91 Å². The average molecular weight is 344 g/mol. The van der Waals surface area contributed by atoms with E-state index in [0.717, 1.165) is 38.1 Å². The lowest BCUT2D eigenvalue weighted by Gasteiger charge is -2.24. The smallest absolute Gasteiger partial charge is 0.234 e. The maximum absolute atomic E-state index is 12.3. The van der Waals surface area contributed by atoms with Crippen molar-refractivity contribution in [2.75, 3.05) is 19.7 Å². The maximum Gasteiger partial charge on any atom is 0.234 e. The summed E-state index contributed by atoms with van der Waals surface area (Å²) in [6, 6.07) is 14.2. The molecule has 0 bridgehead atoms. The molecule has 4 nitrogen and oxygen atoms in total. The first-order chi connectivity index (χ1) is 11.8. The van der Waals surface area contributed by atoms with E-state index >= 15 is 0 Å². The first-order valence-corrected chi connectivity index (χ1v) is 9.34. The van der Waals surface area contributed by atoms with E-state index in [9.17, 15) is 4.79 Å². The van der Waals surface area contributed by atoms with E-state index in [1.165, 1.54) is 4.88 Å². The summed E-state index contributed by atoms with van der Waals surface area (Å²) in [4.78, 5) is 15.8. The maximum atomic E-state index is 12.3. The summed E-state index contributed by atoms with van der Waals surface area (Å²) in [5.41, 5.74) is 1.12. The van der Waals surface area contributed by atoms with Crippen molar-refractivity contribution < 1.29 is 9.53 Å². The van der Waals surface area contributed by atoms with Crippen molar-refractivity contribution in [2.45, 2.75) is 32.0 Å². The summed E-state index contributed by atoms with van der Waals surface area (Å²) < 4.78 is 5.74. The van der Waals surface area contributed by atoms with E-state index in [4.69, 9.17) is 4.74 Å². The second-order valence-electron chi connectivity index (χ2n) is 6.15. The van der Waals surface area contributed by atoms with Gasteiger partial charge >= 0.3 is 0 Å². The van der Waals surface area contributed by atoms with Crippen LogP contribution < -0.4 is 5.32 Å². The highest BCUT2D eigenvalue weighted by molar-refractivity contribution is 7.09. The Balaban J connectivity index is 1.52. The van der Waals surface area contributed by atoms with Crippen LogP contribution in [0.15, 0.2) is 47.8 Å². The molecule has 1 saturated heterocycles. The molecule has 1 aromatic heterocycles. The van der Waals surface area contributed by atoms with E-state index in [0.29, 0.717) is 13.1 Å². The topological polar surface area (TPSA) is 41.6 Å². The van der Waals surface area contributed by atoms with Gasteiger partial charge in [0.15, 0.2) is 0 Å². The summed E-state index contributed by atoms with van der Waals surface area (Å²) in [7, 11) is 0. The highest BCUT2D eigenvalue weighted by Gasteiger charge is 2.21. The standard InChI is InChI=1S/C19H24N2O2S/c22-19(20-12-16-6-2-1-3-7-16)15-21(13-17-8-4-10-23-17)14-18-9-5-11-24-18/h1-3,5-7,9,11,17H,4,8,10,12-15H2,(H,20,22). The number of hydrogen-bond donors (Lipinski definition) is 1. The number of benzene rings is 1. The Bertz CT molecular complexity index is 610. The summed E-state index contributed by atoms with van der Waals surface area (Å²) in [6.07, 6.45) is 2.47. The SMILES string of the molecule is O=C(CN(Cc1cccs1)CC1CCCO1)NCc1ccccc1. The molecule has 1 amide bonds. The van der Waals surface area contributed by atoms with Gasteiger partial charge in [0.05, 0.1) is 12.6 Å². The van der Waals surface area contributed by atoms with Crippen LogP contribution in [0.5, 0.6) is 0 Å². The predicted octanol–water partition coefficient (Wildman–Crippen LogP) is 3.05. The first kappa shape index (κ1) is 17.1. The Kier molecular flexibility index (Phi) is 6.41. The zero-order chi connectivity index (χ0) is 16.6. The number of carbonyl (C=O) groups is 1. The van der Waals surface area contributed by atoms with Crippen molar-refractivity contribution in [1.82, 2.24) is 10.2 Å². The lowest BCUT2D eigenvalue weighted by molar-refractivity contribution is -0.122. The molecular formula is C19H24N2O2S. The van der Waals surface area contributed by atoms with E-state index < -0.39 is 0 Å². The molecule has 2 aromatic rings. The quantitative estimate of drug-likeness (QED) is 0.800. The molecular weight excluding hydrogens is 320 g/mol. The van der Waals surface area contributed by atoms with Crippen LogP contribution in [0.25, 0.3) is 0 Å². The zero-order valence-corrected chi connectivity index (χ0v) is 14.6. The van der Waals surface area contributed by atoms with Gasteiger partial charge in [0, 0.05) is 31.1 Å². The Morgan fingerprint density at radius 2 is 2.12 bits per heavy atom. The third-order valence-corrected chi connectivity index (χ3v) is 5.01. The molecule has 1 unspecified atom stereocenters. The van der Waals surface area contributed by atoms with E-state index in [1.807, 2.05) is 30.3 Å². The molecule has 0 radical (unpaired) electrons. The number of hydrogen-bond acceptors (Lipinski definition) is 4. The summed E-state index contributed by atoms with van der Waals surface area (Å²) >= 11 is 1.73. The zero-order valence-electron chi connectivity index (χ0n) is 13.8. The second-order valence-corrected chi connectivity index (χ2v) is 7.18. The van der Waals surface area contributed by atoms with Crippen molar-refractivity contribution in [3.05, 3.63) is 58.3 Å². The highest BCUT2D eigenvalue weighted by Crippen LogP contribution is 2.17. The molecule has 1 N–H and O–H groups in total. The van der Waals surface area contributed by atoms with Gasteiger partial charge in [0.1, 0.15) is 0 Å². The average Bonchev–Trinajstić information content (AvgIpc) is 3.28. The molecule has 2 heterocycles. The molecule has 1 atom stereocenters. The van der Waals surface area contributed by atoms with Crippen molar-refractivity contribution in [3.63, 3.8) is 0 Å². The number of ether oxygens (including phenoxy) is 1. The van der Waals surface area contributed by atoms with Crippen molar-refractivity contribution in [2.24, 2.45) is 0 Å². The predicted molar refractivity (Wildman–Crippen MR) is 96.9 cm³/mol. The number of rotatable bonds is 8. The number of thiophene rings is 1. The molecule has 3 rings (SSSR count). The first-order valence-electron chi connectivity index (χ1n) is 8.46. The van der Waals surface area contributed by atoms with Gasteiger partial charge in [-0.3, -0.25) is 9.69 Å². The van der Waals surface area contributed by atoms with Gasteiger partial charge < -0.3 is 10.1 Å². The molecule has 1 aromatic carbocycles. The summed E-state index contributed by atoms with van der Waals surface area (Å²) in [6.45, 7) is 3.45. The van der Waals surface area contributed by atoms with Crippen molar-refractivity contribution >= 4 is 17.2 Å². The summed E-state index contributed by atoms with van der Waals surface area (Å²) in [5.74, 6) is 0.0633. The van der Waals surface area contributed by atoms with Crippen LogP contribution in [0.1, 0.15) is 23.3 Å². The van der Waals surface area contributed by atoms with Gasteiger partial charge in [-0.25, -0.2) is 0 Å². The largest absolute Gasteiger partial charge is 0.377 e. The van der Waals surface area contributed by atoms with Gasteiger partial charge in [-0.05, 0) is 29.9 Å². The van der Waals surface area contributed by atoms with Crippen LogP contribution in [0.2, 0.25) is 0 Å². The molecule has 0 aliphatic carbocycles. The van der Waals surface area contributed by atoms with Gasteiger partial charge in [-0.2, -0.15) is 0 Å². The second kappa shape index (κ2) is 8.97. The fraction of sp³-hybridized carbons (Fsp3) is 0.421. The summed E-state index contributed by atoms with van der Waals surface area (Å²) in [5, 5.41) is 5.09. The lowest BCUT2D eigenvalue weighted by Crippen LogP contribution is -2.40. The Hall–Kier alpha value is -1.69. The minimum Gasteiger partial charge on any atom is -0.377 e. The number of carbonyl (C=O) groups excluding carboxylic acids is 1. The molecule has 5 heteroatoms. The molecule has 1 aliphatic heterocycles. The van der Waals surface area contributed by atoms with Gasteiger partial charge in [-0.15, -0.1) is 11.3 Å². The fourth-order valence-corrected chi connectivity index (χ4v) is 3.69. The van der Waals surface area contributed by atoms with Crippen LogP contribution in [0, 0.1) is 0 Å². The van der Waals surface area contributed by atoms with E-state index in [1.54, 1.807) is 11.3 Å². The Labute approximate surface area is 147 Å². The molecule has 128 valence electrons. The van der Waals surface area contributed by atoms with Crippen LogP contribution in [0.3, 0.4) is 0 Å². The Morgan fingerprint density at radius 3 is 2.83 bits per heavy atom. The molecule has 0 saturated carbocycles. The van der Waals surface area contributed by atoms with Crippen molar-refractivity contribution in [3.8, 4) is 0 Å². The van der Waals surface area contributed by atoms with Gasteiger partial charge in [-0.1, -0.05) is 36.4 Å². The van der Waals surface area contributed by atoms with Crippen molar-refractivity contribution in [1.29, 1.82) is 0 Å². The lowest BCUT2D eigenvalue weighted by atomic mass is 10.2. The van der Waals surface area contributed by atoms with Crippen LogP contribution in [-0.2, 0) is 22.6 Å². The fourth-order valence-electron chi connectivity index (χ4n) is 2.94. The molecule has 0 spiro atoms. The third-order valence-electron chi connectivity index (χ3n) is 4.15. The number of nitrogens with zero attached hydrogens (tertiary/aromatic N) is 1.